The largest absolute Gasteiger partial charge is 0.460 e. The van der Waals surface area contributed by atoms with Crippen molar-refractivity contribution in [1.82, 2.24) is 5.32 Å². The first-order valence-corrected chi connectivity index (χ1v) is 7.91. The van der Waals surface area contributed by atoms with Crippen molar-refractivity contribution in [2.45, 2.75) is 32.0 Å². The Bertz CT molecular complexity index is 644. The summed E-state index contributed by atoms with van der Waals surface area (Å²) < 4.78 is 5.36. The maximum atomic E-state index is 12.3. The quantitative estimate of drug-likeness (QED) is 0.692. The average Bonchev–Trinajstić information content (AvgIpc) is 2.61. The summed E-state index contributed by atoms with van der Waals surface area (Å²) in [7, 11) is 0. The van der Waals surface area contributed by atoms with Crippen molar-refractivity contribution in [3.8, 4) is 0 Å². The lowest BCUT2D eigenvalue weighted by atomic mass is 10.1. The molecule has 2 aromatic carbocycles. The lowest BCUT2D eigenvalue weighted by Crippen LogP contribution is -2.38. The number of amides is 1. The predicted molar refractivity (Wildman–Crippen MR) is 91.7 cm³/mol. The van der Waals surface area contributed by atoms with Crippen molar-refractivity contribution in [3.05, 3.63) is 71.8 Å². The number of carbonyl (C=O) groups is 2. The second-order valence-corrected chi connectivity index (χ2v) is 5.52. The smallest absolute Gasteiger partial charge is 0.323 e. The highest BCUT2D eigenvalue weighted by Crippen LogP contribution is 2.07. The van der Waals surface area contributed by atoms with E-state index in [0.717, 1.165) is 11.1 Å². The zero-order valence-electron chi connectivity index (χ0n) is 13.5. The Morgan fingerprint density at radius 2 is 1.54 bits per heavy atom. The summed E-state index contributed by atoms with van der Waals surface area (Å²) in [6.45, 7) is 0.727. The van der Waals surface area contributed by atoms with Crippen LogP contribution in [0.1, 0.15) is 24.0 Å². The van der Waals surface area contributed by atoms with Crippen LogP contribution in [0.2, 0.25) is 0 Å². The SMILES string of the molecule is NC(=O)CC[C@H](NCc1ccccc1)C(=O)OCc1ccccc1. The zero-order valence-corrected chi connectivity index (χ0v) is 13.5. The van der Waals surface area contributed by atoms with Crippen molar-refractivity contribution in [3.63, 3.8) is 0 Å². The van der Waals surface area contributed by atoms with Gasteiger partial charge in [0, 0.05) is 13.0 Å². The molecule has 0 unspecified atom stereocenters. The first kappa shape index (κ1) is 17.7. The fraction of sp³-hybridized carbons (Fsp3) is 0.263. The Labute approximate surface area is 141 Å². The number of hydrogen-bond acceptors (Lipinski definition) is 4. The van der Waals surface area contributed by atoms with Crippen molar-refractivity contribution in [2.24, 2.45) is 5.73 Å². The second kappa shape index (κ2) is 9.47. The molecule has 0 radical (unpaired) electrons. The molecule has 3 N–H and O–H groups in total. The highest BCUT2D eigenvalue weighted by atomic mass is 16.5. The first-order chi connectivity index (χ1) is 11.6. The number of hydrogen-bond donors (Lipinski definition) is 2. The monoisotopic (exact) mass is 326 g/mol. The highest BCUT2D eigenvalue weighted by molar-refractivity contribution is 5.78. The molecule has 0 saturated heterocycles. The van der Waals surface area contributed by atoms with E-state index in [-0.39, 0.29) is 19.0 Å². The molecule has 1 amide bonds. The highest BCUT2D eigenvalue weighted by Gasteiger charge is 2.20. The molecule has 5 nitrogen and oxygen atoms in total. The van der Waals surface area contributed by atoms with Crippen LogP contribution in [0.15, 0.2) is 60.7 Å². The van der Waals surface area contributed by atoms with Crippen LogP contribution in [0.3, 0.4) is 0 Å². The van der Waals surface area contributed by atoms with Gasteiger partial charge < -0.3 is 15.8 Å². The molecule has 0 saturated carbocycles. The maximum Gasteiger partial charge on any atom is 0.323 e. The number of nitrogens with one attached hydrogen (secondary N) is 1. The van der Waals surface area contributed by atoms with E-state index in [1.54, 1.807) is 0 Å². The molecule has 0 spiro atoms. The lowest BCUT2D eigenvalue weighted by molar-refractivity contribution is -0.147. The number of nitrogens with two attached hydrogens (primary N) is 1. The van der Waals surface area contributed by atoms with Crippen LogP contribution in [-0.2, 0) is 27.5 Å². The average molecular weight is 326 g/mol. The molecule has 0 aliphatic heterocycles. The number of carbonyl (C=O) groups excluding carboxylic acids is 2. The third-order valence-corrected chi connectivity index (χ3v) is 3.58. The minimum atomic E-state index is -0.568. The Kier molecular flexibility index (Phi) is 6.98. The van der Waals surface area contributed by atoms with Crippen LogP contribution in [0.25, 0.3) is 0 Å². The molecule has 24 heavy (non-hydrogen) atoms. The van der Waals surface area contributed by atoms with Gasteiger partial charge in [0.1, 0.15) is 12.6 Å². The minimum absolute atomic E-state index is 0.132. The molecule has 0 bridgehead atoms. The number of esters is 1. The lowest BCUT2D eigenvalue weighted by Gasteiger charge is -2.17. The summed E-state index contributed by atoms with van der Waals surface area (Å²) in [5.74, 6) is -0.812. The van der Waals surface area contributed by atoms with Crippen LogP contribution < -0.4 is 11.1 Å². The Morgan fingerprint density at radius 3 is 2.12 bits per heavy atom. The molecule has 0 heterocycles. The third-order valence-electron chi connectivity index (χ3n) is 3.58. The number of ether oxygens (including phenoxy) is 1. The molecule has 2 aromatic rings. The van der Waals surface area contributed by atoms with E-state index in [0.29, 0.717) is 13.0 Å². The molecule has 2 rings (SSSR count). The van der Waals surface area contributed by atoms with Gasteiger partial charge in [0.25, 0.3) is 0 Å². The summed E-state index contributed by atoms with van der Waals surface area (Å²) in [6.07, 6.45) is 0.447. The Morgan fingerprint density at radius 1 is 0.958 bits per heavy atom. The van der Waals surface area contributed by atoms with Gasteiger partial charge in [0.15, 0.2) is 0 Å². The van der Waals surface area contributed by atoms with Crippen molar-refractivity contribution in [1.29, 1.82) is 0 Å². The summed E-state index contributed by atoms with van der Waals surface area (Å²) in [5.41, 5.74) is 7.17. The van der Waals surface area contributed by atoms with Crippen LogP contribution in [0.4, 0.5) is 0 Å². The minimum Gasteiger partial charge on any atom is -0.460 e. The van der Waals surface area contributed by atoms with Gasteiger partial charge in [-0.25, -0.2) is 0 Å². The van der Waals surface area contributed by atoms with Gasteiger partial charge in [-0.3, -0.25) is 9.59 Å². The Hall–Kier alpha value is -2.66. The molecular formula is C19H22N2O3. The molecule has 5 heteroatoms. The van der Waals surface area contributed by atoms with E-state index < -0.39 is 11.9 Å². The van der Waals surface area contributed by atoms with E-state index in [2.05, 4.69) is 5.32 Å². The number of benzene rings is 2. The van der Waals surface area contributed by atoms with Crippen LogP contribution in [-0.4, -0.2) is 17.9 Å². The van der Waals surface area contributed by atoms with E-state index in [4.69, 9.17) is 10.5 Å². The molecule has 1 atom stereocenters. The summed E-state index contributed by atoms with van der Waals surface area (Å²) in [5, 5.41) is 3.15. The van der Waals surface area contributed by atoms with Gasteiger partial charge in [-0.05, 0) is 17.5 Å². The summed E-state index contributed by atoms with van der Waals surface area (Å²) in [4.78, 5) is 23.3. The van der Waals surface area contributed by atoms with Gasteiger partial charge in [0.2, 0.25) is 5.91 Å². The van der Waals surface area contributed by atoms with Crippen LogP contribution >= 0.6 is 0 Å². The van der Waals surface area contributed by atoms with Crippen molar-refractivity contribution in [2.75, 3.05) is 0 Å². The molecule has 0 aliphatic rings. The molecular weight excluding hydrogens is 304 g/mol. The normalized spacial score (nSPS) is 11.7. The van der Waals surface area contributed by atoms with Gasteiger partial charge in [-0.15, -0.1) is 0 Å². The standard InChI is InChI=1S/C19H22N2O3/c20-18(22)12-11-17(21-13-15-7-3-1-4-8-15)19(23)24-14-16-9-5-2-6-10-16/h1-10,17,21H,11-14H2,(H2,20,22)/t17-/m0/s1. The number of primary amides is 1. The van der Waals surface area contributed by atoms with E-state index >= 15 is 0 Å². The van der Waals surface area contributed by atoms with E-state index in [1.165, 1.54) is 0 Å². The van der Waals surface area contributed by atoms with Crippen LogP contribution in [0.5, 0.6) is 0 Å². The van der Waals surface area contributed by atoms with Gasteiger partial charge >= 0.3 is 5.97 Å². The van der Waals surface area contributed by atoms with Crippen molar-refractivity contribution < 1.29 is 14.3 Å². The number of rotatable bonds is 9. The second-order valence-electron chi connectivity index (χ2n) is 5.52. The Balaban J connectivity index is 1.90. The van der Waals surface area contributed by atoms with Gasteiger partial charge in [0.05, 0.1) is 0 Å². The maximum absolute atomic E-state index is 12.3. The first-order valence-electron chi connectivity index (χ1n) is 7.91. The van der Waals surface area contributed by atoms with E-state index in [1.807, 2.05) is 60.7 Å². The fourth-order valence-corrected chi connectivity index (χ4v) is 2.26. The van der Waals surface area contributed by atoms with E-state index in [9.17, 15) is 9.59 Å². The molecule has 126 valence electrons. The molecule has 0 aromatic heterocycles. The molecule has 0 fully saturated rings. The third kappa shape index (κ3) is 6.22. The predicted octanol–water partition coefficient (Wildman–Crippen LogP) is 2.15. The van der Waals surface area contributed by atoms with Gasteiger partial charge in [-0.2, -0.15) is 0 Å². The molecule has 0 aliphatic carbocycles. The topological polar surface area (TPSA) is 81.4 Å². The van der Waals surface area contributed by atoms with Crippen molar-refractivity contribution >= 4 is 11.9 Å². The zero-order chi connectivity index (χ0) is 17.2. The summed E-state index contributed by atoms with van der Waals surface area (Å²) >= 11 is 0. The van der Waals surface area contributed by atoms with Crippen LogP contribution in [0, 0.1) is 0 Å². The summed E-state index contributed by atoms with van der Waals surface area (Å²) in [6, 6.07) is 18.6. The van der Waals surface area contributed by atoms with Gasteiger partial charge in [-0.1, -0.05) is 60.7 Å². The fourth-order valence-electron chi connectivity index (χ4n) is 2.26.